The first kappa shape index (κ1) is 17.2. The summed E-state index contributed by atoms with van der Waals surface area (Å²) in [5.41, 5.74) is -0.862. The van der Waals surface area contributed by atoms with E-state index in [1.54, 1.807) is 6.92 Å². The summed E-state index contributed by atoms with van der Waals surface area (Å²) in [6.07, 6.45) is 2.37. The van der Waals surface area contributed by atoms with Gasteiger partial charge in [0, 0.05) is 18.5 Å². The molecule has 0 radical (unpaired) electrons. The molecule has 2 saturated heterocycles. The molecule has 6 heteroatoms. The summed E-state index contributed by atoms with van der Waals surface area (Å²) in [7, 11) is 0. The Hall–Kier alpha value is -2.21. The number of hydrogen-bond donors (Lipinski definition) is 2. The third kappa shape index (κ3) is 2.24. The molecule has 3 fully saturated rings. The van der Waals surface area contributed by atoms with Crippen LogP contribution in [0.4, 0.5) is 0 Å². The molecule has 2 amide bonds. The van der Waals surface area contributed by atoms with Crippen molar-refractivity contribution in [2.24, 2.45) is 16.7 Å². The minimum atomic E-state index is -1.25. The van der Waals surface area contributed by atoms with Crippen molar-refractivity contribution in [2.45, 2.75) is 38.6 Å². The van der Waals surface area contributed by atoms with Crippen molar-refractivity contribution in [3.05, 3.63) is 35.9 Å². The van der Waals surface area contributed by atoms with Crippen LogP contribution in [0.25, 0.3) is 0 Å². The monoisotopic (exact) mass is 356 g/mol. The highest BCUT2D eigenvalue weighted by Gasteiger charge is 2.69. The molecular weight excluding hydrogens is 332 g/mol. The molecular formula is C20H24N2O4. The number of esters is 1. The molecule has 2 bridgehead atoms. The van der Waals surface area contributed by atoms with Gasteiger partial charge in [-0.05, 0) is 31.7 Å². The van der Waals surface area contributed by atoms with Crippen molar-refractivity contribution in [3.63, 3.8) is 0 Å². The Labute approximate surface area is 152 Å². The predicted molar refractivity (Wildman–Crippen MR) is 93.8 cm³/mol. The average molecular weight is 356 g/mol. The van der Waals surface area contributed by atoms with Crippen molar-refractivity contribution in [1.82, 2.24) is 10.6 Å². The average Bonchev–Trinajstić information content (AvgIpc) is 2.66. The first-order chi connectivity index (χ1) is 12.5. The van der Waals surface area contributed by atoms with Gasteiger partial charge in [-0.25, -0.2) is 0 Å². The standard InChI is InChI=1S/C20H24N2O4/c1-2-26-18(25)20-10-6-9-19(16(23)22-17(20)24)12-21-14(11-15(19)20)13-7-4-3-5-8-13/h3-5,7-8,14-15,21H,2,6,9-12H2,1H3,(H,22,23,24)/t14-,15-,19-,20+/m1/s1. The van der Waals surface area contributed by atoms with Gasteiger partial charge < -0.3 is 10.1 Å². The van der Waals surface area contributed by atoms with Gasteiger partial charge in [0.1, 0.15) is 0 Å². The molecule has 1 aromatic rings. The highest BCUT2D eigenvalue weighted by molar-refractivity contribution is 6.13. The Morgan fingerprint density at radius 2 is 1.96 bits per heavy atom. The van der Waals surface area contributed by atoms with E-state index in [1.807, 2.05) is 30.3 Å². The minimum Gasteiger partial charge on any atom is -0.465 e. The Morgan fingerprint density at radius 1 is 1.19 bits per heavy atom. The van der Waals surface area contributed by atoms with Crippen LogP contribution in [0.3, 0.4) is 0 Å². The van der Waals surface area contributed by atoms with Gasteiger partial charge in [0.2, 0.25) is 11.8 Å². The SMILES string of the molecule is CCOC(=O)[C@@]12CCC[C@]3(CN[C@@H](c4ccccc4)C[C@H]31)C(=O)NC2=O. The summed E-state index contributed by atoms with van der Waals surface area (Å²) < 4.78 is 5.32. The van der Waals surface area contributed by atoms with E-state index in [0.717, 1.165) is 5.56 Å². The van der Waals surface area contributed by atoms with E-state index in [4.69, 9.17) is 4.74 Å². The second-order valence-electron chi connectivity index (χ2n) is 7.62. The first-order valence-corrected chi connectivity index (χ1v) is 9.36. The Bertz CT molecular complexity index is 749. The van der Waals surface area contributed by atoms with Crippen molar-refractivity contribution >= 4 is 17.8 Å². The lowest BCUT2D eigenvalue weighted by Crippen LogP contribution is -2.72. The third-order valence-electron chi connectivity index (χ3n) is 6.52. The lowest BCUT2D eigenvalue weighted by atomic mass is 9.48. The summed E-state index contributed by atoms with van der Waals surface area (Å²) in [6.45, 7) is 2.44. The number of ether oxygens (including phenoxy) is 1. The maximum Gasteiger partial charge on any atom is 0.321 e. The van der Waals surface area contributed by atoms with E-state index in [0.29, 0.717) is 32.2 Å². The number of amides is 2. The quantitative estimate of drug-likeness (QED) is 0.489. The number of carbonyl (C=O) groups excluding carboxylic acids is 3. The van der Waals surface area contributed by atoms with Crippen LogP contribution in [0.1, 0.15) is 44.2 Å². The second-order valence-corrected chi connectivity index (χ2v) is 7.62. The molecule has 0 spiro atoms. The summed E-state index contributed by atoms with van der Waals surface area (Å²) in [5.74, 6) is -1.54. The molecule has 4 atom stereocenters. The molecule has 2 heterocycles. The smallest absolute Gasteiger partial charge is 0.321 e. The Morgan fingerprint density at radius 3 is 2.69 bits per heavy atom. The van der Waals surface area contributed by atoms with Crippen molar-refractivity contribution in [2.75, 3.05) is 13.2 Å². The van der Waals surface area contributed by atoms with Gasteiger partial charge >= 0.3 is 5.97 Å². The fourth-order valence-electron chi connectivity index (χ4n) is 5.26. The van der Waals surface area contributed by atoms with E-state index < -0.39 is 22.7 Å². The van der Waals surface area contributed by atoms with Crippen LogP contribution in [0.5, 0.6) is 0 Å². The van der Waals surface area contributed by atoms with Crippen LogP contribution >= 0.6 is 0 Å². The zero-order valence-electron chi connectivity index (χ0n) is 14.9. The Balaban J connectivity index is 1.77. The highest BCUT2D eigenvalue weighted by atomic mass is 16.5. The van der Waals surface area contributed by atoms with E-state index >= 15 is 0 Å². The molecule has 2 N–H and O–H groups in total. The van der Waals surface area contributed by atoms with Crippen LogP contribution in [0.15, 0.2) is 30.3 Å². The van der Waals surface area contributed by atoms with E-state index in [2.05, 4.69) is 10.6 Å². The number of benzene rings is 1. The molecule has 26 heavy (non-hydrogen) atoms. The zero-order chi connectivity index (χ0) is 18.4. The van der Waals surface area contributed by atoms with Gasteiger partial charge in [0.15, 0.2) is 5.41 Å². The zero-order valence-corrected chi connectivity index (χ0v) is 14.9. The van der Waals surface area contributed by atoms with Gasteiger partial charge in [-0.3, -0.25) is 19.7 Å². The summed E-state index contributed by atoms with van der Waals surface area (Å²) in [6, 6.07) is 9.99. The van der Waals surface area contributed by atoms with Gasteiger partial charge in [-0.2, -0.15) is 0 Å². The molecule has 1 saturated carbocycles. The molecule has 1 aromatic carbocycles. The van der Waals surface area contributed by atoms with Gasteiger partial charge in [-0.1, -0.05) is 36.8 Å². The Kier molecular flexibility index (Phi) is 4.10. The number of carbonyl (C=O) groups is 3. The largest absolute Gasteiger partial charge is 0.465 e. The third-order valence-corrected chi connectivity index (χ3v) is 6.52. The topological polar surface area (TPSA) is 84.5 Å². The van der Waals surface area contributed by atoms with Crippen LogP contribution in [-0.4, -0.2) is 30.9 Å². The van der Waals surface area contributed by atoms with Crippen LogP contribution < -0.4 is 10.6 Å². The van der Waals surface area contributed by atoms with E-state index in [-0.39, 0.29) is 24.5 Å². The van der Waals surface area contributed by atoms with Crippen LogP contribution in [-0.2, 0) is 19.1 Å². The maximum atomic E-state index is 12.9. The number of hydrogen-bond acceptors (Lipinski definition) is 5. The van der Waals surface area contributed by atoms with E-state index in [1.165, 1.54) is 0 Å². The van der Waals surface area contributed by atoms with E-state index in [9.17, 15) is 14.4 Å². The molecule has 6 nitrogen and oxygen atoms in total. The molecule has 0 aromatic heterocycles. The van der Waals surface area contributed by atoms with Crippen LogP contribution in [0.2, 0.25) is 0 Å². The predicted octanol–water partition coefficient (Wildman–Crippen LogP) is 1.71. The molecule has 3 aliphatic rings. The molecule has 2 aliphatic heterocycles. The minimum absolute atomic E-state index is 0.0138. The van der Waals surface area contributed by atoms with Crippen molar-refractivity contribution in [3.8, 4) is 0 Å². The van der Waals surface area contributed by atoms with Crippen LogP contribution in [0, 0.1) is 16.7 Å². The summed E-state index contributed by atoms with van der Waals surface area (Å²) in [5, 5.41) is 5.98. The number of piperidine rings is 2. The molecule has 0 unspecified atom stereocenters. The fraction of sp³-hybridized carbons (Fsp3) is 0.550. The number of imide groups is 1. The van der Waals surface area contributed by atoms with Gasteiger partial charge in [0.05, 0.1) is 12.0 Å². The number of nitrogens with one attached hydrogen (secondary N) is 2. The van der Waals surface area contributed by atoms with Crippen molar-refractivity contribution < 1.29 is 19.1 Å². The summed E-state index contributed by atoms with van der Waals surface area (Å²) >= 11 is 0. The fourth-order valence-corrected chi connectivity index (χ4v) is 5.26. The lowest BCUT2D eigenvalue weighted by molar-refractivity contribution is -0.188. The first-order valence-electron chi connectivity index (χ1n) is 9.36. The molecule has 138 valence electrons. The number of rotatable bonds is 3. The highest BCUT2D eigenvalue weighted by Crippen LogP contribution is 2.59. The normalized spacial score (nSPS) is 36.0. The summed E-state index contributed by atoms with van der Waals surface area (Å²) in [4.78, 5) is 38.6. The van der Waals surface area contributed by atoms with Gasteiger partial charge in [0.25, 0.3) is 0 Å². The van der Waals surface area contributed by atoms with Crippen molar-refractivity contribution in [1.29, 1.82) is 0 Å². The molecule has 1 aliphatic carbocycles. The van der Waals surface area contributed by atoms with Gasteiger partial charge in [-0.15, -0.1) is 0 Å². The molecule has 4 rings (SSSR count). The maximum absolute atomic E-state index is 12.9. The second kappa shape index (κ2) is 6.20. The lowest BCUT2D eigenvalue weighted by Gasteiger charge is -2.58.